The summed E-state index contributed by atoms with van der Waals surface area (Å²) in [5, 5.41) is 8.52. The lowest BCUT2D eigenvalue weighted by Gasteiger charge is -2.33. The van der Waals surface area contributed by atoms with Crippen LogP contribution in [0.3, 0.4) is 0 Å². The third kappa shape index (κ3) is 3.63. The number of ketones is 1. The van der Waals surface area contributed by atoms with E-state index in [0.29, 0.717) is 24.7 Å². The molecule has 1 fully saturated rings. The number of hydrogen-bond donors (Lipinski definition) is 1. The lowest BCUT2D eigenvalue weighted by molar-refractivity contribution is -0.149. The SMILES string of the molecule is CC(C)[C@H]1CCC(=O)C[C@@H]1OCC(=O)O. The Bertz CT molecular complexity index is 247. The van der Waals surface area contributed by atoms with Gasteiger partial charge in [0.1, 0.15) is 12.4 Å². The van der Waals surface area contributed by atoms with Crippen molar-refractivity contribution >= 4 is 11.8 Å². The summed E-state index contributed by atoms with van der Waals surface area (Å²) in [4.78, 5) is 21.6. The van der Waals surface area contributed by atoms with Crippen molar-refractivity contribution in [3.8, 4) is 0 Å². The van der Waals surface area contributed by atoms with Crippen molar-refractivity contribution in [3.63, 3.8) is 0 Å². The number of carbonyl (C=O) groups is 2. The molecule has 0 radical (unpaired) electrons. The van der Waals surface area contributed by atoms with Gasteiger partial charge in [-0.05, 0) is 18.3 Å². The first-order chi connectivity index (χ1) is 7.00. The first-order valence-corrected chi connectivity index (χ1v) is 5.35. The van der Waals surface area contributed by atoms with Crippen LogP contribution in [0.4, 0.5) is 0 Å². The van der Waals surface area contributed by atoms with Crippen LogP contribution in [-0.2, 0) is 14.3 Å². The lowest BCUT2D eigenvalue weighted by atomic mass is 9.79. The van der Waals surface area contributed by atoms with Gasteiger partial charge in [0.25, 0.3) is 0 Å². The van der Waals surface area contributed by atoms with Crippen LogP contribution < -0.4 is 0 Å². The quantitative estimate of drug-likeness (QED) is 0.770. The molecule has 1 rings (SSSR count). The van der Waals surface area contributed by atoms with Crippen molar-refractivity contribution in [1.29, 1.82) is 0 Å². The number of rotatable bonds is 4. The highest BCUT2D eigenvalue weighted by Gasteiger charge is 2.32. The highest BCUT2D eigenvalue weighted by atomic mass is 16.5. The van der Waals surface area contributed by atoms with E-state index in [9.17, 15) is 9.59 Å². The molecule has 0 heterocycles. The number of carboxylic acid groups (broad SMARTS) is 1. The third-order valence-electron chi connectivity index (χ3n) is 2.94. The largest absolute Gasteiger partial charge is 0.480 e. The van der Waals surface area contributed by atoms with Crippen LogP contribution >= 0.6 is 0 Å². The fourth-order valence-corrected chi connectivity index (χ4v) is 2.11. The van der Waals surface area contributed by atoms with Gasteiger partial charge in [0, 0.05) is 12.8 Å². The minimum Gasteiger partial charge on any atom is -0.480 e. The monoisotopic (exact) mass is 214 g/mol. The second-order valence-corrected chi connectivity index (χ2v) is 4.43. The van der Waals surface area contributed by atoms with Crippen LogP contribution in [0.25, 0.3) is 0 Å². The summed E-state index contributed by atoms with van der Waals surface area (Å²) in [6.07, 6.45) is 1.59. The Labute approximate surface area is 89.6 Å². The maximum Gasteiger partial charge on any atom is 0.329 e. The molecule has 0 saturated heterocycles. The van der Waals surface area contributed by atoms with Gasteiger partial charge in [-0.2, -0.15) is 0 Å². The second-order valence-electron chi connectivity index (χ2n) is 4.43. The van der Waals surface area contributed by atoms with Crippen LogP contribution in [0.15, 0.2) is 0 Å². The van der Waals surface area contributed by atoms with Crippen LogP contribution in [0.5, 0.6) is 0 Å². The highest BCUT2D eigenvalue weighted by Crippen LogP contribution is 2.30. The molecule has 1 aliphatic rings. The maximum absolute atomic E-state index is 11.3. The Hall–Kier alpha value is -0.900. The first-order valence-electron chi connectivity index (χ1n) is 5.35. The van der Waals surface area contributed by atoms with Crippen molar-refractivity contribution in [3.05, 3.63) is 0 Å². The molecule has 0 aromatic rings. The van der Waals surface area contributed by atoms with Gasteiger partial charge in [0.2, 0.25) is 0 Å². The summed E-state index contributed by atoms with van der Waals surface area (Å²) in [6.45, 7) is 3.86. The number of carboxylic acids is 1. The van der Waals surface area contributed by atoms with Gasteiger partial charge in [0.15, 0.2) is 0 Å². The molecule has 2 atom stereocenters. The molecule has 86 valence electrons. The number of Topliss-reactive ketones (excluding diaryl/α,β-unsaturated/α-hetero) is 1. The minimum atomic E-state index is -0.976. The van der Waals surface area contributed by atoms with Gasteiger partial charge in [-0.25, -0.2) is 4.79 Å². The molecule has 0 amide bonds. The van der Waals surface area contributed by atoms with Crippen molar-refractivity contribution in [2.75, 3.05) is 6.61 Å². The van der Waals surface area contributed by atoms with E-state index < -0.39 is 5.97 Å². The molecule has 1 aliphatic carbocycles. The van der Waals surface area contributed by atoms with Crippen LogP contribution in [-0.4, -0.2) is 29.6 Å². The lowest BCUT2D eigenvalue weighted by Crippen LogP contribution is -2.36. The third-order valence-corrected chi connectivity index (χ3v) is 2.94. The van der Waals surface area contributed by atoms with Crippen LogP contribution in [0.2, 0.25) is 0 Å². The van der Waals surface area contributed by atoms with Crippen molar-refractivity contribution in [2.24, 2.45) is 11.8 Å². The normalized spacial score (nSPS) is 27.0. The molecule has 0 aromatic heterocycles. The fourth-order valence-electron chi connectivity index (χ4n) is 2.11. The van der Waals surface area contributed by atoms with Crippen molar-refractivity contribution < 1.29 is 19.4 Å². The summed E-state index contributed by atoms with van der Waals surface area (Å²) < 4.78 is 5.27. The van der Waals surface area contributed by atoms with E-state index in [2.05, 4.69) is 13.8 Å². The number of aliphatic carboxylic acids is 1. The first kappa shape index (κ1) is 12.2. The predicted molar refractivity (Wildman–Crippen MR) is 54.6 cm³/mol. The summed E-state index contributed by atoms with van der Waals surface area (Å²) in [5.74, 6) is -0.0586. The molecule has 4 heteroatoms. The number of carbonyl (C=O) groups excluding carboxylic acids is 1. The topological polar surface area (TPSA) is 63.6 Å². The summed E-state index contributed by atoms with van der Waals surface area (Å²) in [6, 6.07) is 0. The van der Waals surface area contributed by atoms with Crippen LogP contribution in [0.1, 0.15) is 33.1 Å². The Morgan fingerprint density at radius 3 is 2.80 bits per heavy atom. The summed E-state index contributed by atoms with van der Waals surface area (Å²) >= 11 is 0. The Morgan fingerprint density at radius 1 is 1.60 bits per heavy atom. The predicted octanol–water partition coefficient (Wildman–Crippen LogP) is 1.48. The zero-order valence-electron chi connectivity index (χ0n) is 9.23. The van der Waals surface area contributed by atoms with Crippen LogP contribution in [0, 0.1) is 11.8 Å². The van der Waals surface area contributed by atoms with Crippen molar-refractivity contribution in [2.45, 2.75) is 39.2 Å². The fraction of sp³-hybridized carbons (Fsp3) is 0.818. The zero-order chi connectivity index (χ0) is 11.4. The summed E-state index contributed by atoms with van der Waals surface area (Å²) in [5.41, 5.74) is 0. The molecular formula is C11H18O4. The molecule has 0 aliphatic heterocycles. The van der Waals surface area contributed by atoms with Crippen molar-refractivity contribution in [1.82, 2.24) is 0 Å². The molecule has 15 heavy (non-hydrogen) atoms. The molecule has 1 saturated carbocycles. The Morgan fingerprint density at radius 2 is 2.27 bits per heavy atom. The highest BCUT2D eigenvalue weighted by molar-refractivity contribution is 5.79. The van der Waals surface area contributed by atoms with Gasteiger partial charge in [-0.1, -0.05) is 13.8 Å². The summed E-state index contributed by atoms with van der Waals surface area (Å²) in [7, 11) is 0. The van der Waals surface area contributed by atoms with Gasteiger partial charge < -0.3 is 9.84 Å². The van der Waals surface area contributed by atoms with E-state index in [1.807, 2.05) is 0 Å². The molecule has 4 nitrogen and oxygen atoms in total. The molecular weight excluding hydrogens is 196 g/mol. The van der Waals surface area contributed by atoms with E-state index in [4.69, 9.17) is 9.84 Å². The van der Waals surface area contributed by atoms with Gasteiger partial charge in [-0.15, -0.1) is 0 Å². The van der Waals surface area contributed by atoms with E-state index >= 15 is 0 Å². The second kappa shape index (κ2) is 5.26. The van der Waals surface area contributed by atoms with E-state index in [1.54, 1.807) is 0 Å². The Kier molecular flexibility index (Phi) is 4.27. The molecule has 0 bridgehead atoms. The minimum absolute atomic E-state index is 0.183. The molecule has 1 N–H and O–H groups in total. The van der Waals surface area contributed by atoms with Gasteiger partial charge in [0.05, 0.1) is 6.10 Å². The number of ether oxygens (including phenoxy) is 1. The van der Waals surface area contributed by atoms with E-state index in [1.165, 1.54) is 0 Å². The molecule has 0 unspecified atom stereocenters. The maximum atomic E-state index is 11.3. The molecule has 0 spiro atoms. The standard InChI is InChI=1S/C11H18O4/c1-7(2)9-4-3-8(12)5-10(9)15-6-11(13)14/h7,9-10H,3-6H2,1-2H3,(H,13,14)/t9-,10+/m1/s1. The average molecular weight is 214 g/mol. The average Bonchev–Trinajstić information content (AvgIpc) is 2.14. The zero-order valence-corrected chi connectivity index (χ0v) is 9.23. The van der Waals surface area contributed by atoms with E-state index in [0.717, 1.165) is 6.42 Å². The Balaban J connectivity index is 2.53. The van der Waals surface area contributed by atoms with Gasteiger partial charge >= 0.3 is 5.97 Å². The smallest absolute Gasteiger partial charge is 0.329 e. The number of hydrogen-bond acceptors (Lipinski definition) is 3. The van der Waals surface area contributed by atoms with Gasteiger partial charge in [-0.3, -0.25) is 4.79 Å². The molecule has 0 aromatic carbocycles. The van der Waals surface area contributed by atoms with E-state index in [-0.39, 0.29) is 18.5 Å².